The molecular formula is C17H25N3O3S. The van der Waals surface area contributed by atoms with Crippen molar-refractivity contribution in [1.82, 2.24) is 4.31 Å². The van der Waals surface area contributed by atoms with Crippen LogP contribution in [0.4, 0.5) is 5.69 Å². The Kier molecular flexibility index (Phi) is 4.94. The summed E-state index contributed by atoms with van der Waals surface area (Å²) in [4.78, 5) is 13.8. The third-order valence-electron chi connectivity index (χ3n) is 5.02. The zero-order valence-corrected chi connectivity index (χ0v) is 14.8. The fourth-order valence-corrected chi connectivity index (χ4v) is 5.03. The maximum atomic E-state index is 12.9. The first-order chi connectivity index (χ1) is 11.4. The molecule has 2 unspecified atom stereocenters. The number of hydrogen-bond donors (Lipinski definition) is 1. The molecule has 0 aliphatic carbocycles. The molecule has 1 aromatic rings. The fourth-order valence-electron chi connectivity index (χ4n) is 3.49. The first-order valence-electron chi connectivity index (χ1n) is 8.56. The van der Waals surface area contributed by atoms with Gasteiger partial charge in [-0.15, -0.1) is 0 Å². The fraction of sp³-hybridized carbons (Fsp3) is 0.588. The highest BCUT2D eigenvalue weighted by Crippen LogP contribution is 2.27. The number of nitrogens with zero attached hydrogens (tertiary/aromatic N) is 2. The molecule has 3 rings (SSSR count). The summed E-state index contributed by atoms with van der Waals surface area (Å²) in [6, 6.07) is 6.65. The van der Waals surface area contributed by atoms with E-state index in [0.29, 0.717) is 26.1 Å². The van der Waals surface area contributed by atoms with Crippen molar-refractivity contribution in [2.75, 3.05) is 24.5 Å². The van der Waals surface area contributed by atoms with Crippen LogP contribution in [0.15, 0.2) is 29.2 Å². The Labute approximate surface area is 143 Å². The number of nitrogens with two attached hydrogens (primary N) is 1. The second-order valence-corrected chi connectivity index (χ2v) is 8.71. The molecule has 2 heterocycles. The van der Waals surface area contributed by atoms with Crippen molar-refractivity contribution < 1.29 is 13.2 Å². The Morgan fingerprint density at radius 2 is 1.88 bits per heavy atom. The van der Waals surface area contributed by atoms with Gasteiger partial charge >= 0.3 is 0 Å². The molecule has 132 valence electrons. The van der Waals surface area contributed by atoms with Gasteiger partial charge in [0.25, 0.3) is 0 Å². The Morgan fingerprint density at radius 1 is 1.17 bits per heavy atom. The van der Waals surface area contributed by atoms with Gasteiger partial charge in [-0.05, 0) is 56.4 Å². The van der Waals surface area contributed by atoms with Crippen molar-refractivity contribution in [1.29, 1.82) is 0 Å². The highest BCUT2D eigenvalue weighted by molar-refractivity contribution is 7.89. The molecule has 24 heavy (non-hydrogen) atoms. The minimum atomic E-state index is -3.51. The van der Waals surface area contributed by atoms with Crippen molar-refractivity contribution in [2.45, 2.75) is 43.5 Å². The molecule has 2 saturated heterocycles. The first kappa shape index (κ1) is 17.4. The molecule has 1 aromatic carbocycles. The molecule has 2 aliphatic rings. The number of carbonyl (C=O) groups is 1. The van der Waals surface area contributed by atoms with Crippen LogP contribution in [0.5, 0.6) is 0 Å². The Balaban J connectivity index is 1.78. The van der Waals surface area contributed by atoms with Crippen LogP contribution in [0.3, 0.4) is 0 Å². The molecule has 0 bridgehead atoms. The lowest BCUT2D eigenvalue weighted by atomic mass is 9.93. The third-order valence-corrected chi connectivity index (χ3v) is 6.90. The molecule has 7 heteroatoms. The van der Waals surface area contributed by atoms with Crippen LogP contribution in [0.1, 0.15) is 32.6 Å². The van der Waals surface area contributed by atoms with Gasteiger partial charge in [0.05, 0.1) is 4.90 Å². The highest BCUT2D eigenvalue weighted by atomic mass is 32.2. The average Bonchev–Trinajstić information content (AvgIpc) is 3.01. The summed E-state index contributed by atoms with van der Waals surface area (Å²) in [6.07, 6.45) is 3.23. The maximum Gasteiger partial charge on any atom is 0.243 e. The lowest BCUT2D eigenvalue weighted by Gasteiger charge is -2.33. The summed E-state index contributed by atoms with van der Waals surface area (Å²) < 4.78 is 27.3. The van der Waals surface area contributed by atoms with Gasteiger partial charge < -0.3 is 10.6 Å². The van der Waals surface area contributed by atoms with Crippen LogP contribution in [-0.4, -0.2) is 44.3 Å². The van der Waals surface area contributed by atoms with Crippen molar-refractivity contribution in [3.05, 3.63) is 24.3 Å². The second kappa shape index (κ2) is 6.82. The predicted octanol–water partition coefficient (Wildman–Crippen LogP) is 1.56. The van der Waals surface area contributed by atoms with Gasteiger partial charge in [-0.25, -0.2) is 8.42 Å². The number of rotatable bonds is 4. The lowest BCUT2D eigenvalue weighted by molar-refractivity contribution is -0.117. The summed E-state index contributed by atoms with van der Waals surface area (Å²) in [6.45, 7) is 3.65. The average molecular weight is 351 g/mol. The van der Waals surface area contributed by atoms with E-state index in [1.165, 1.54) is 0 Å². The molecule has 2 aliphatic heterocycles. The van der Waals surface area contributed by atoms with E-state index in [-0.39, 0.29) is 22.8 Å². The van der Waals surface area contributed by atoms with Gasteiger partial charge in [0.1, 0.15) is 0 Å². The highest BCUT2D eigenvalue weighted by Gasteiger charge is 2.31. The number of anilines is 1. The van der Waals surface area contributed by atoms with Gasteiger partial charge in [0, 0.05) is 37.8 Å². The van der Waals surface area contributed by atoms with E-state index >= 15 is 0 Å². The van der Waals surface area contributed by atoms with Crippen LogP contribution < -0.4 is 10.6 Å². The minimum Gasteiger partial charge on any atom is -0.328 e. The Morgan fingerprint density at radius 3 is 2.46 bits per heavy atom. The van der Waals surface area contributed by atoms with Crippen LogP contribution in [0, 0.1) is 5.92 Å². The summed E-state index contributed by atoms with van der Waals surface area (Å²) in [5.41, 5.74) is 6.72. The number of amides is 1. The van der Waals surface area contributed by atoms with Crippen LogP contribution in [0.2, 0.25) is 0 Å². The summed E-state index contributed by atoms with van der Waals surface area (Å²) in [7, 11) is -3.51. The summed E-state index contributed by atoms with van der Waals surface area (Å²) >= 11 is 0. The zero-order chi connectivity index (χ0) is 17.3. The SMILES string of the molecule is CC(N)C1CCCN(S(=O)(=O)c2ccc(N3CCCC3=O)cc2)C1. The molecular weight excluding hydrogens is 326 g/mol. The quantitative estimate of drug-likeness (QED) is 0.892. The van der Waals surface area contributed by atoms with Gasteiger partial charge in [-0.3, -0.25) is 4.79 Å². The van der Waals surface area contributed by atoms with E-state index in [2.05, 4.69) is 0 Å². The molecule has 6 nitrogen and oxygen atoms in total. The van der Waals surface area contributed by atoms with E-state index in [4.69, 9.17) is 5.73 Å². The second-order valence-electron chi connectivity index (χ2n) is 6.77. The van der Waals surface area contributed by atoms with Gasteiger partial charge in [-0.1, -0.05) is 0 Å². The first-order valence-corrected chi connectivity index (χ1v) is 10.00. The van der Waals surface area contributed by atoms with Gasteiger partial charge in [0.2, 0.25) is 15.9 Å². The van der Waals surface area contributed by atoms with Gasteiger partial charge in [-0.2, -0.15) is 4.31 Å². The maximum absolute atomic E-state index is 12.9. The van der Waals surface area contributed by atoms with E-state index in [0.717, 1.165) is 24.9 Å². The van der Waals surface area contributed by atoms with Crippen LogP contribution in [0.25, 0.3) is 0 Å². The number of carbonyl (C=O) groups excluding carboxylic acids is 1. The number of piperidine rings is 1. The number of benzene rings is 1. The standard InChI is InChI=1S/C17H25N3O3S/c1-13(18)14-4-2-10-19(12-14)24(22,23)16-8-6-15(7-9-16)20-11-3-5-17(20)21/h6-9,13-14H,2-5,10-12,18H2,1H3. The topological polar surface area (TPSA) is 83.7 Å². The van der Waals surface area contributed by atoms with Crippen molar-refractivity contribution >= 4 is 21.6 Å². The number of sulfonamides is 1. The van der Waals surface area contributed by atoms with E-state index in [1.807, 2.05) is 6.92 Å². The van der Waals surface area contributed by atoms with Crippen molar-refractivity contribution in [3.63, 3.8) is 0 Å². The molecule has 2 fully saturated rings. The summed E-state index contributed by atoms with van der Waals surface area (Å²) in [5.74, 6) is 0.302. The summed E-state index contributed by atoms with van der Waals surface area (Å²) in [5, 5.41) is 0. The van der Waals surface area contributed by atoms with Crippen molar-refractivity contribution in [2.24, 2.45) is 11.7 Å². The molecule has 0 spiro atoms. The molecule has 0 radical (unpaired) electrons. The lowest BCUT2D eigenvalue weighted by Crippen LogP contribution is -2.44. The molecule has 2 N–H and O–H groups in total. The number of hydrogen-bond acceptors (Lipinski definition) is 4. The Hall–Kier alpha value is -1.44. The third kappa shape index (κ3) is 3.34. The molecule has 1 amide bonds. The minimum absolute atomic E-state index is 0.00782. The van der Waals surface area contributed by atoms with E-state index in [1.54, 1.807) is 33.5 Å². The van der Waals surface area contributed by atoms with Gasteiger partial charge in [0.15, 0.2) is 0 Å². The Bertz CT molecular complexity index is 700. The van der Waals surface area contributed by atoms with Crippen LogP contribution in [-0.2, 0) is 14.8 Å². The molecule has 0 saturated carbocycles. The normalized spacial score (nSPS) is 24.3. The molecule has 2 atom stereocenters. The van der Waals surface area contributed by atoms with E-state index < -0.39 is 10.0 Å². The largest absolute Gasteiger partial charge is 0.328 e. The van der Waals surface area contributed by atoms with Crippen molar-refractivity contribution in [3.8, 4) is 0 Å². The van der Waals surface area contributed by atoms with Crippen LogP contribution >= 0.6 is 0 Å². The van der Waals surface area contributed by atoms with E-state index in [9.17, 15) is 13.2 Å². The monoisotopic (exact) mass is 351 g/mol. The smallest absolute Gasteiger partial charge is 0.243 e. The molecule has 0 aromatic heterocycles. The predicted molar refractivity (Wildman–Crippen MR) is 93.2 cm³/mol. The zero-order valence-electron chi connectivity index (χ0n) is 14.0.